The first-order chi connectivity index (χ1) is 13.1. The highest BCUT2D eigenvalue weighted by Crippen LogP contribution is 2.25. The van der Waals surface area contributed by atoms with Crippen LogP contribution < -0.4 is 16.1 Å². The SMILES string of the molecule is Cc1nc(-c2nc(C(=O)NC(C(=O)NCCC(=O)NO)C(C)(C)C)cs2)cs1. The standard InChI is InChI=1S/C17H23N5O4S2/c1-9-19-11(8-27-9)16-20-10(7-28-16)14(24)21-13(17(2,3)4)15(25)18-6-5-12(23)22-26/h7-8,13,26H,5-6H2,1-4H3,(H,18,25)(H,21,24)(H,22,23). The highest BCUT2D eigenvalue weighted by molar-refractivity contribution is 7.14. The van der Waals surface area contributed by atoms with Crippen LogP contribution in [0.2, 0.25) is 0 Å². The number of amides is 3. The first kappa shape index (κ1) is 21.9. The minimum absolute atomic E-state index is 0.0394. The van der Waals surface area contributed by atoms with E-state index in [1.807, 2.05) is 33.1 Å². The van der Waals surface area contributed by atoms with Crippen LogP contribution in [0.15, 0.2) is 10.8 Å². The van der Waals surface area contributed by atoms with Gasteiger partial charge in [-0.25, -0.2) is 15.4 Å². The summed E-state index contributed by atoms with van der Waals surface area (Å²) >= 11 is 2.81. The molecule has 28 heavy (non-hydrogen) atoms. The van der Waals surface area contributed by atoms with Gasteiger partial charge < -0.3 is 10.6 Å². The Kier molecular flexibility index (Phi) is 7.22. The lowest BCUT2D eigenvalue weighted by Gasteiger charge is -2.30. The molecular formula is C17H23N5O4S2. The van der Waals surface area contributed by atoms with E-state index in [0.29, 0.717) is 5.01 Å². The minimum atomic E-state index is -0.830. The van der Waals surface area contributed by atoms with Crippen LogP contribution in [-0.2, 0) is 9.59 Å². The van der Waals surface area contributed by atoms with E-state index in [0.717, 1.165) is 10.7 Å². The summed E-state index contributed by atoms with van der Waals surface area (Å²) in [5.41, 5.74) is 1.87. The quantitative estimate of drug-likeness (QED) is 0.394. The summed E-state index contributed by atoms with van der Waals surface area (Å²) in [4.78, 5) is 44.9. The molecule has 1 unspecified atom stereocenters. The summed E-state index contributed by atoms with van der Waals surface area (Å²) in [7, 11) is 0. The van der Waals surface area contributed by atoms with Crippen LogP contribution in [0.3, 0.4) is 0 Å². The van der Waals surface area contributed by atoms with Crippen molar-refractivity contribution in [2.45, 2.75) is 40.2 Å². The molecular weight excluding hydrogens is 402 g/mol. The van der Waals surface area contributed by atoms with Crippen LogP contribution >= 0.6 is 22.7 Å². The van der Waals surface area contributed by atoms with Gasteiger partial charge >= 0.3 is 0 Å². The molecule has 152 valence electrons. The van der Waals surface area contributed by atoms with E-state index < -0.39 is 29.2 Å². The van der Waals surface area contributed by atoms with E-state index in [1.54, 1.807) is 5.38 Å². The maximum absolute atomic E-state index is 12.6. The molecule has 3 amide bonds. The van der Waals surface area contributed by atoms with E-state index in [1.165, 1.54) is 28.2 Å². The molecule has 0 aromatic carbocycles. The first-order valence-corrected chi connectivity index (χ1v) is 10.3. The molecule has 0 spiro atoms. The normalized spacial score (nSPS) is 12.3. The van der Waals surface area contributed by atoms with Crippen LogP contribution in [0.1, 0.15) is 42.7 Å². The summed E-state index contributed by atoms with van der Waals surface area (Å²) < 4.78 is 0. The van der Waals surface area contributed by atoms with Crippen molar-refractivity contribution in [1.82, 2.24) is 26.1 Å². The van der Waals surface area contributed by atoms with Gasteiger partial charge in [-0.3, -0.25) is 19.6 Å². The molecule has 0 aliphatic rings. The van der Waals surface area contributed by atoms with Gasteiger partial charge in [0, 0.05) is 23.7 Å². The average Bonchev–Trinajstić information content (AvgIpc) is 3.27. The lowest BCUT2D eigenvalue weighted by molar-refractivity contribution is -0.129. The lowest BCUT2D eigenvalue weighted by atomic mass is 9.86. The molecule has 0 fully saturated rings. The Morgan fingerprint density at radius 2 is 1.89 bits per heavy atom. The largest absolute Gasteiger partial charge is 0.354 e. The van der Waals surface area contributed by atoms with Gasteiger partial charge in [-0.05, 0) is 12.3 Å². The third kappa shape index (κ3) is 5.81. The molecule has 4 N–H and O–H groups in total. The molecule has 0 aliphatic heterocycles. The fraction of sp³-hybridized carbons (Fsp3) is 0.471. The molecule has 11 heteroatoms. The molecule has 2 heterocycles. The van der Waals surface area contributed by atoms with Crippen molar-refractivity contribution in [3.63, 3.8) is 0 Å². The second-order valence-corrected chi connectivity index (χ2v) is 9.06. The van der Waals surface area contributed by atoms with Crippen molar-refractivity contribution in [1.29, 1.82) is 0 Å². The predicted octanol–water partition coefficient (Wildman–Crippen LogP) is 1.73. The number of thiazole rings is 2. The molecule has 0 saturated heterocycles. The molecule has 0 aliphatic carbocycles. The van der Waals surface area contributed by atoms with Gasteiger partial charge in [-0.1, -0.05) is 20.8 Å². The third-order valence-corrected chi connectivity index (χ3v) is 5.39. The zero-order chi connectivity index (χ0) is 20.9. The van der Waals surface area contributed by atoms with Crippen molar-refractivity contribution in [3.8, 4) is 10.7 Å². The molecule has 2 aromatic heterocycles. The minimum Gasteiger partial charge on any atom is -0.354 e. The fourth-order valence-electron chi connectivity index (χ4n) is 2.29. The van der Waals surface area contributed by atoms with Gasteiger partial charge in [0.2, 0.25) is 11.8 Å². The van der Waals surface area contributed by atoms with Crippen molar-refractivity contribution < 1.29 is 19.6 Å². The van der Waals surface area contributed by atoms with Gasteiger partial charge in [-0.2, -0.15) is 0 Å². The van der Waals surface area contributed by atoms with E-state index >= 15 is 0 Å². The lowest BCUT2D eigenvalue weighted by Crippen LogP contribution is -2.54. The van der Waals surface area contributed by atoms with Crippen molar-refractivity contribution in [2.24, 2.45) is 5.41 Å². The van der Waals surface area contributed by atoms with Crippen LogP contribution in [0, 0.1) is 12.3 Å². The molecule has 2 rings (SSSR count). The molecule has 9 nitrogen and oxygen atoms in total. The molecule has 2 aromatic rings. The number of nitrogens with one attached hydrogen (secondary N) is 3. The maximum Gasteiger partial charge on any atom is 0.271 e. The number of carbonyl (C=O) groups is 3. The van der Waals surface area contributed by atoms with Gasteiger partial charge in [0.25, 0.3) is 5.91 Å². The van der Waals surface area contributed by atoms with Crippen molar-refractivity contribution in [3.05, 3.63) is 21.5 Å². The topological polar surface area (TPSA) is 133 Å². The Bertz CT molecular complexity index is 856. The van der Waals surface area contributed by atoms with E-state index in [4.69, 9.17) is 5.21 Å². The predicted molar refractivity (Wildman–Crippen MR) is 106 cm³/mol. The number of carbonyl (C=O) groups excluding carboxylic acids is 3. The second kappa shape index (κ2) is 9.22. The first-order valence-electron chi connectivity index (χ1n) is 8.51. The smallest absolute Gasteiger partial charge is 0.271 e. The maximum atomic E-state index is 12.6. The summed E-state index contributed by atoms with van der Waals surface area (Å²) in [6.45, 7) is 7.40. The summed E-state index contributed by atoms with van der Waals surface area (Å²) in [5, 5.41) is 18.9. The van der Waals surface area contributed by atoms with E-state index in [9.17, 15) is 14.4 Å². The average molecular weight is 426 g/mol. The number of hydroxylamine groups is 1. The highest BCUT2D eigenvalue weighted by atomic mass is 32.1. The van der Waals surface area contributed by atoms with Crippen LogP contribution in [0.5, 0.6) is 0 Å². The second-order valence-electron chi connectivity index (χ2n) is 7.14. The van der Waals surface area contributed by atoms with Crippen LogP contribution in [-0.4, -0.2) is 45.5 Å². The van der Waals surface area contributed by atoms with E-state index in [-0.39, 0.29) is 18.7 Å². The third-order valence-electron chi connectivity index (χ3n) is 3.75. The fourth-order valence-corrected chi connectivity index (χ4v) is 3.73. The highest BCUT2D eigenvalue weighted by Gasteiger charge is 2.33. The van der Waals surface area contributed by atoms with Gasteiger partial charge in [-0.15, -0.1) is 22.7 Å². The Morgan fingerprint density at radius 1 is 1.18 bits per heavy atom. The summed E-state index contributed by atoms with van der Waals surface area (Å²) in [6, 6.07) is -0.830. The molecule has 0 saturated carbocycles. The summed E-state index contributed by atoms with van der Waals surface area (Å²) in [6.07, 6.45) is -0.0739. The number of hydrogen-bond acceptors (Lipinski definition) is 8. The number of nitrogens with zero attached hydrogens (tertiary/aromatic N) is 2. The van der Waals surface area contributed by atoms with Crippen molar-refractivity contribution in [2.75, 3.05) is 6.54 Å². The van der Waals surface area contributed by atoms with Crippen molar-refractivity contribution >= 4 is 40.4 Å². The van der Waals surface area contributed by atoms with E-state index in [2.05, 4.69) is 20.6 Å². The van der Waals surface area contributed by atoms with Gasteiger partial charge in [0.15, 0.2) is 0 Å². The van der Waals surface area contributed by atoms with Crippen LogP contribution in [0.25, 0.3) is 10.7 Å². The molecule has 1 atom stereocenters. The van der Waals surface area contributed by atoms with Crippen LogP contribution in [0.4, 0.5) is 0 Å². The number of aromatic nitrogens is 2. The zero-order valence-electron chi connectivity index (χ0n) is 16.0. The molecule has 0 radical (unpaired) electrons. The van der Waals surface area contributed by atoms with Gasteiger partial charge in [0.1, 0.15) is 22.4 Å². The Hall–Kier alpha value is -2.37. The number of hydrogen-bond donors (Lipinski definition) is 4. The summed E-state index contributed by atoms with van der Waals surface area (Å²) in [5.74, 6) is -1.49. The number of rotatable bonds is 7. The monoisotopic (exact) mass is 425 g/mol. The Balaban J connectivity index is 2.05. The number of aryl methyl sites for hydroxylation is 1. The zero-order valence-corrected chi connectivity index (χ0v) is 17.7. The Morgan fingerprint density at radius 3 is 2.46 bits per heavy atom. The molecule has 0 bridgehead atoms. The Labute approximate surface area is 170 Å². The van der Waals surface area contributed by atoms with Gasteiger partial charge in [0.05, 0.1) is 5.01 Å².